The van der Waals surface area contributed by atoms with Gasteiger partial charge in [0.15, 0.2) is 5.78 Å². The van der Waals surface area contributed by atoms with Crippen molar-refractivity contribution in [3.63, 3.8) is 0 Å². The normalized spacial score (nSPS) is 13.5. The number of amides is 1. The van der Waals surface area contributed by atoms with Crippen LogP contribution >= 0.6 is 0 Å². The van der Waals surface area contributed by atoms with Crippen LogP contribution in [0.2, 0.25) is 0 Å². The molecule has 130 valence electrons. The summed E-state index contributed by atoms with van der Waals surface area (Å²) in [7, 11) is 0. The number of carbonyl (C=O) groups is 3. The number of aromatic amines is 1. The highest BCUT2D eigenvalue weighted by molar-refractivity contribution is 6.32. The summed E-state index contributed by atoms with van der Waals surface area (Å²) in [6.45, 7) is 5.71. The minimum atomic E-state index is -0.367. The number of hydrogen-bond acceptors (Lipinski definition) is 3. The molecule has 0 aliphatic heterocycles. The molecule has 1 heterocycles. The van der Waals surface area contributed by atoms with Crippen LogP contribution in [-0.4, -0.2) is 28.0 Å². The molecule has 0 unspecified atom stereocenters. The molecule has 1 aromatic heterocycles. The van der Waals surface area contributed by atoms with Gasteiger partial charge in [-0.05, 0) is 39.0 Å². The SMILES string of the molecule is CC(C)(C)NC(=O)c1ccc2[nH]c3c(c2c1)C(=O)c1ccccc1C3=O. The van der Waals surface area contributed by atoms with Gasteiger partial charge in [0, 0.05) is 33.1 Å². The van der Waals surface area contributed by atoms with E-state index in [-0.39, 0.29) is 28.7 Å². The van der Waals surface area contributed by atoms with Gasteiger partial charge in [0.1, 0.15) is 0 Å². The van der Waals surface area contributed by atoms with Gasteiger partial charge in [-0.2, -0.15) is 0 Å². The summed E-state index contributed by atoms with van der Waals surface area (Å²) in [5, 5.41) is 3.50. The zero-order chi connectivity index (χ0) is 18.6. The van der Waals surface area contributed by atoms with E-state index >= 15 is 0 Å². The van der Waals surface area contributed by atoms with Gasteiger partial charge < -0.3 is 10.3 Å². The molecule has 0 saturated heterocycles. The second-order valence-electron chi connectivity index (χ2n) is 7.54. The minimum absolute atomic E-state index is 0.199. The van der Waals surface area contributed by atoms with Gasteiger partial charge in [-0.15, -0.1) is 0 Å². The quantitative estimate of drug-likeness (QED) is 0.554. The van der Waals surface area contributed by atoms with Crippen LogP contribution in [0.1, 0.15) is 63.1 Å². The number of carbonyl (C=O) groups excluding carboxylic acids is 3. The van der Waals surface area contributed by atoms with Gasteiger partial charge in [0.2, 0.25) is 5.78 Å². The van der Waals surface area contributed by atoms with Crippen molar-refractivity contribution in [3.8, 4) is 0 Å². The number of hydrogen-bond donors (Lipinski definition) is 2. The van der Waals surface area contributed by atoms with Crippen molar-refractivity contribution in [1.82, 2.24) is 10.3 Å². The molecule has 0 atom stereocenters. The van der Waals surface area contributed by atoms with Crippen molar-refractivity contribution >= 4 is 28.4 Å². The van der Waals surface area contributed by atoms with E-state index in [9.17, 15) is 14.4 Å². The van der Waals surface area contributed by atoms with Crippen LogP contribution < -0.4 is 5.32 Å². The number of fused-ring (bicyclic) bond motifs is 4. The van der Waals surface area contributed by atoms with Crippen LogP contribution in [0.5, 0.6) is 0 Å². The fraction of sp³-hybridized carbons (Fsp3) is 0.190. The second kappa shape index (κ2) is 5.39. The molecule has 5 heteroatoms. The Morgan fingerprint density at radius 2 is 1.62 bits per heavy atom. The highest BCUT2D eigenvalue weighted by atomic mass is 16.2. The van der Waals surface area contributed by atoms with E-state index in [4.69, 9.17) is 0 Å². The Balaban J connectivity index is 1.88. The summed E-state index contributed by atoms with van der Waals surface area (Å²) >= 11 is 0. The molecular formula is C21H18N2O3. The lowest BCUT2D eigenvalue weighted by molar-refractivity contribution is 0.0918. The van der Waals surface area contributed by atoms with Crippen molar-refractivity contribution in [2.75, 3.05) is 0 Å². The Morgan fingerprint density at radius 1 is 0.962 bits per heavy atom. The molecule has 2 aromatic carbocycles. The monoisotopic (exact) mass is 346 g/mol. The predicted octanol–water partition coefficient (Wildman–Crippen LogP) is 3.47. The zero-order valence-electron chi connectivity index (χ0n) is 14.8. The van der Waals surface area contributed by atoms with E-state index in [1.54, 1.807) is 42.5 Å². The first-order valence-electron chi connectivity index (χ1n) is 8.43. The first kappa shape index (κ1) is 16.3. The molecule has 26 heavy (non-hydrogen) atoms. The van der Waals surface area contributed by atoms with Crippen LogP contribution in [0.3, 0.4) is 0 Å². The molecule has 0 saturated carbocycles. The molecule has 1 amide bonds. The van der Waals surface area contributed by atoms with Gasteiger partial charge >= 0.3 is 0 Å². The van der Waals surface area contributed by atoms with Crippen LogP contribution in [0.25, 0.3) is 10.9 Å². The number of ketones is 2. The molecule has 0 fully saturated rings. The smallest absolute Gasteiger partial charge is 0.251 e. The molecule has 2 N–H and O–H groups in total. The summed E-state index contributed by atoms with van der Waals surface area (Å²) in [4.78, 5) is 41.2. The van der Waals surface area contributed by atoms with E-state index < -0.39 is 0 Å². The number of nitrogens with one attached hydrogen (secondary N) is 2. The fourth-order valence-corrected chi connectivity index (χ4v) is 3.30. The zero-order valence-corrected chi connectivity index (χ0v) is 14.8. The van der Waals surface area contributed by atoms with E-state index in [1.807, 2.05) is 20.8 Å². The fourth-order valence-electron chi connectivity index (χ4n) is 3.30. The third-order valence-corrected chi connectivity index (χ3v) is 4.42. The molecule has 1 aliphatic rings. The van der Waals surface area contributed by atoms with E-state index in [1.165, 1.54) is 0 Å². The molecule has 5 nitrogen and oxygen atoms in total. The topological polar surface area (TPSA) is 79.0 Å². The van der Waals surface area contributed by atoms with Crippen molar-refractivity contribution in [3.05, 3.63) is 70.4 Å². The van der Waals surface area contributed by atoms with E-state index in [0.29, 0.717) is 33.2 Å². The second-order valence-corrected chi connectivity index (χ2v) is 7.54. The molecule has 0 bridgehead atoms. The highest BCUT2D eigenvalue weighted by Crippen LogP contribution is 2.33. The first-order chi connectivity index (χ1) is 12.3. The maximum atomic E-state index is 13.0. The number of benzene rings is 2. The Morgan fingerprint density at radius 3 is 2.27 bits per heavy atom. The van der Waals surface area contributed by atoms with E-state index in [2.05, 4.69) is 10.3 Å². The summed E-state index contributed by atoms with van der Waals surface area (Å²) in [6, 6.07) is 11.9. The van der Waals surface area contributed by atoms with Crippen LogP contribution in [0, 0.1) is 0 Å². The van der Waals surface area contributed by atoms with Crippen molar-refractivity contribution in [2.24, 2.45) is 0 Å². The molecule has 0 spiro atoms. The molecule has 3 aromatic rings. The third-order valence-electron chi connectivity index (χ3n) is 4.42. The van der Waals surface area contributed by atoms with Crippen molar-refractivity contribution in [1.29, 1.82) is 0 Å². The van der Waals surface area contributed by atoms with Crippen LogP contribution in [-0.2, 0) is 0 Å². The molecule has 4 rings (SSSR count). The Hall–Kier alpha value is -3.21. The van der Waals surface area contributed by atoms with Crippen molar-refractivity contribution in [2.45, 2.75) is 26.3 Å². The molecular weight excluding hydrogens is 328 g/mol. The Bertz CT molecular complexity index is 1100. The Labute approximate surface area is 150 Å². The van der Waals surface area contributed by atoms with Gasteiger partial charge in [-0.1, -0.05) is 24.3 Å². The van der Waals surface area contributed by atoms with Crippen LogP contribution in [0.15, 0.2) is 42.5 Å². The average Bonchev–Trinajstić information content (AvgIpc) is 2.97. The third kappa shape index (κ3) is 2.44. The van der Waals surface area contributed by atoms with E-state index in [0.717, 1.165) is 0 Å². The van der Waals surface area contributed by atoms with Gasteiger partial charge in [0.25, 0.3) is 5.91 Å². The van der Waals surface area contributed by atoms with Crippen molar-refractivity contribution < 1.29 is 14.4 Å². The largest absolute Gasteiger partial charge is 0.351 e. The lowest BCUT2D eigenvalue weighted by atomic mass is 9.87. The summed E-state index contributed by atoms with van der Waals surface area (Å²) in [6.07, 6.45) is 0. The molecule has 0 radical (unpaired) electrons. The standard InChI is InChI=1S/C21H18N2O3/c1-21(2,3)23-20(26)11-8-9-15-14(10-11)16-17(22-15)19(25)13-7-5-4-6-12(13)18(16)24/h4-10,22H,1-3H3,(H,23,26). The average molecular weight is 346 g/mol. The summed E-state index contributed by atoms with van der Waals surface area (Å²) in [5.41, 5.74) is 2.18. The Kier molecular flexibility index (Phi) is 3.37. The maximum absolute atomic E-state index is 13.0. The molecule has 1 aliphatic carbocycles. The van der Waals surface area contributed by atoms with Gasteiger partial charge in [0.05, 0.1) is 11.3 Å². The summed E-state index contributed by atoms with van der Waals surface area (Å²) in [5.74, 6) is -0.619. The summed E-state index contributed by atoms with van der Waals surface area (Å²) < 4.78 is 0. The lowest BCUT2D eigenvalue weighted by Gasteiger charge is -2.20. The van der Waals surface area contributed by atoms with Gasteiger partial charge in [-0.3, -0.25) is 14.4 Å². The maximum Gasteiger partial charge on any atom is 0.251 e. The van der Waals surface area contributed by atoms with Gasteiger partial charge in [-0.25, -0.2) is 0 Å². The number of rotatable bonds is 1. The highest BCUT2D eigenvalue weighted by Gasteiger charge is 2.33. The van der Waals surface area contributed by atoms with Crippen LogP contribution in [0.4, 0.5) is 0 Å². The minimum Gasteiger partial charge on any atom is -0.351 e. The first-order valence-corrected chi connectivity index (χ1v) is 8.43. The predicted molar refractivity (Wildman–Crippen MR) is 98.8 cm³/mol. The lowest BCUT2D eigenvalue weighted by Crippen LogP contribution is -2.40. The number of H-pyrrole nitrogens is 1. The number of aromatic nitrogens is 1.